The molecular formula is C10H14O2. The van der Waals surface area contributed by atoms with Crippen LogP contribution in [0.1, 0.15) is 19.8 Å². The Morgan fingerprint density at radius 2 is 2.17 bits per heavy atom. The molecule has 3 rings (SSSR count). The van der Waals surface area contributed by atoms with Crippen LogP contribution in [0.3, 0.4) is 0 Å². The molecule has 0 N–H and O–H groups in total. The molecular weight excluding hydrogens is 152 g/mol. The highest BCUT2D eigenvalue weighted by Crippen LogP contribution is 2.57. The molecule has 0 aromatic carbocycles. The van der Waals surface area contributed by atoms with Gasteiger partial charge in [-0.05, 0) is 36.5 Å². The Bertz CT molecular complexity index is 236. The molecule has 0 aromatic rings. The van der Waals surface area contributed by atoms with Crippen molar-refractivity contribution in [3.8, 4) is 0 Å². The number of hydrogen-bond donors (Lipinski definition) is 0. The zero-order valence-corrected chi connectivity index (χ0v) is 7.32. The molecule has 66 valence electrons. The Morgan fingerprint density at radius 1 is 1.33 bits per heavy atom. The third kappa shape index (κ3) is 0.644. The van der Waals surface area contributed by atoms with Gasteiger partial charge >= 0.3 is 5.97 Å². The first-order valence-corrected chi connectivity index (χ1v) is 4.94. The summed E-state index contributed by atoms with van der Waals surface area (Å²) in [4.78, 5) is 11.3. The maximum atomic E-state index is 11.3. The van der Waals surface area contributed by atoms with Gasteiger partial charge in [0.15, 0.2) is 0 Å². The van der Waals surface area contributed by atoms with Crippen molar-refractivity contribution in [2.75, 3.05) is 6.61 Å². The molecule has 1 aliphatic heterocycles. The molecule has 1 heterocycles. The van der Waals surface area contributed by atoms with Crippen molar-refractivity contribution in [1.29, 1.82) is 0 Å². The monoisotopic (exact) mass is 166 g/mol. The van der Waals surface area contributed by atoms with Gasteiger partial charge in [-0.1, -0.05) is 6.92 Å². The first kappa shape index (κ1) is 6.93. The van der Waals surface area contributed by atoms with Gasteiger partial charge in [0.05, 0.1) is 12.5 Å². The van der Waals surface area contributed by atoms with Gasteiger partial charge in [0.1, 0.15) is 0 Å². The van der Waals surface area contributed by atoms with Crippen LogP contribution in [-0.4, -0.2) is 12.6 Å². The standard InChI is InChI=1S/C10H14O2/c1-5-6-2-7-8(3-6)10(11)12-4-9(5)7/h5-9H,2-4H2,1H3/t5-,6?,7?,8?,9?/m1/s1. The Kier molecular flexibility index (Phi) is 1.18. The van der Waals surface area contributed by atoms with E-state index in [-0.39, 0.29) is 11.9 Å². The predicted molar refractivity (Wildman–Crippen MR) is 43.3 cm³/mol. The van der Waals surface area contributed by atoms with E-state index >= 15 is 0 Å². The first-order valence-electron chi connectivity index (χ1n) is 4.94. The summed E-state index contributed by atoms with van der Waals surface area (Å²) in [5.74, 6) is 3.39. The maximum Gasteiger partial charge on any atom is 0.309 e. The number of esters is 1. The summed E-state index contributed by atoms with van der Waals surface area (Å²) < 4.78 is 5.17. The second kappa shape index (κ2) is 2.04. The van der Waals surface area contributed by atoms with Crippen LogP contribution in [0.15, 0.2) is 0 Å². The summed E-state index contributed by atoms with van der Waals surface area (Å²) in [6.45, 7) is 3.03. The van der Waals surface area contributed by atoms with Crippen LogP contribution in [-0.2, 0) is 9.53 Å². The van der Waals surface area contributed by atoms with Crippen LogP contribution in [0.2, 0.25) is 0 Å². The second-order valence-electron chi connectivity index (χ2n) is 4.65. The van der Waals surface area contributed by atoms with Gasteiger partial charge in [-0.2, -0.15) is 0 Å². The molecule has 4 unspecified atom stereocenters. The summed E-state index contributed by atoms with van der Waals surface area (Å²) in [7, 11) is 0. The molecule has 0 spiro atoms. The van der Waals surface area contributed by atoms with E-state index in [4.69, 9.17) is 4.74 Å². The van der Waals surface area contributed by atoms with Crippen LogP contribution < -0.4 is 0 Å². The third-order valence-corrected chi connectivity index (χ3v) is 4.34. The molecule has 2 saturated carbocycles. The topological polar surface area (TPSA) is 26.3 Å². The maximum absolute atomic E-state index is 11.3. The van der Waals surface area contributed by atoms with Crippen molar-refractivity contribution in [2.45, 2.75) is 19.8 Å². The number of carbonyl (C=O) groups is 1. The van der Waals surface area contributed by atoms with Crippen molar-refractivity contribution in [1.82, 2.24) is 0 Å². The van der Waals surface area contributed by atoms with Gasteiger partial charge in [0.25, 0.3) is 0 Å². The third-order valence-electron chi connectivity index (χ3n) is 4.34. The molecule has 2 heteroatoms. The lowest BCUT2D eigenvalue weighted by Gasteiger charge is -2.37. The minimum Gasteiger partial charge on any atom is -0.465 e. The van der Waals surface area contributed by atoms with Crippen molar-refractivity contribution in [3.05, 3.63) is 0 Å². The van der Waals surface area contributed by atoms with E-state index in [9.17, 15) is 4.79 Å². The summed E-state index contributed by atoms with van der Waals surface area (Å²) in [6.07, 6.45) is 2.41. The van der Waals surface area contributed by atoms with Gasteiger partial charge in [-0.15, -0.1) is 0 Å². The average Bonchev–Trinajstić information content (AvgIpc) is 2.58. The van der Waals surface area contributed by atoms with E-state index in [0.717, 1.165) is 18.3 Å². The van der Waals surface area contributed by atoms with Crippen molar-refractivity contribution in [2.24, 2.45) is 29.6 Å². The smallest absolute Gasteiger partial charge is 0.309 e. The number of carbonyl (C=O) groups excluding carboxylic acids is 1. The highest BCUT2D eigenvalue weighted by Gasteiger charge is 2.56. The number of hydrogen-bond acceptors (Lipinski definition) is 2. The molecule has 2 bridgehead atoms. The van der Waals surface area contributed by atoms with E-state index in [1.807, 2.05) is 0 Å². The highest BCUT2D eigenvalue weighted by molar-refractivity contribution is 5.74. The van der Waals surface area contributed by atoms with Gasteiger partial charge in [-0.25, -0.2) is 0 Å². The normalized spacial score (nSPS) is 55.8. The Balaban J connectivity index is 1.95. The van der Waals surface area contributed by atoms with Gasteiger partial charge < -0.3 is 4.74 Å². The van der Waals surface area contributed by atoms with E-state index in [2.05, 4.69) is 6.92 Å². The van der Waals surface area contributed by atoms with Crippen LogP contribution in [0, 0.1) is 29.6 Å². The average molecular weight is 166 g/mol. The summed E-state index contributed by atoms with van der Waals surface area (Å²) in [5.41, 5.74) is 0. The van der Waals surface area contributed by atoms with Crippen LogP contribution in [0.25, 0.3) is 0 Å². The molecule has 1 saturated heterocycles. The zero-order valence-electron chi connectivity index (χ0n) is 7.32. The van der Waals surface area contributed by atoms with E-state index in [1.165, 1.54) is 6.42 Å². The summed E-state index contributed by atoms with van der Waals surface area (Å²) in [6, 6.07) is 0. The molecule has 0 amide bonds. The lowest BCUT2D eigenvalue weighted by atomic mass is 9.74. The molecule has 2 aliphatic carbocycles. The Hall–Kier alpha value is -0.530. The molecule has 3 fully saturated rings. The summed E-state index contributed by atoms with van der Waals surface area (Å²) in [5, 5.41) is 0. The minimum atomic E-state index is 0.0886. The largest absolute Gasteiger partial charge is 0.465 e. The quantitative estimate of drug-likeness (QED) is 0.509. The minimum absolute atomic E-state index is 0.0886. The van der Waals surface area contributed by atoms with Gasteiger partial charge in [-0.3, -0.25) is 4.79 Å². The van der Waals surface area contributed by atoms with Crippen LogP contribution in [0.5, 0.6) is 0 Å². The first-order chi connectivity index (χ1) is 5.77. The molecule has 12 heavy (non-hydrogen) atoms. The molecule has 3 aliphatic rings. The zero-order chi connectivity index (χ0) is 8.29. The fourth-order valence-electron chi connectivity index (χ4n) is 3.58. The van der Waals surface area contributed by atoms with Gasteiger partial charge in [0, 0.05) is 0 Å². The molecule has 5 atom stereocenters. The summed E-state index contributed by atoms with van der Waals surface area (Å²) >= 11 is 0. The lowest BCUT2D eigenvalue weighted by Crippen LogP contribution is -2.40. The molecule has 0 radical (unpaired) electrons. The lowest BCUT2D eigenvalue weighted by molar-refractivity contribution is -0.163. The van der Waals surface area contributed by atoms with E-state index in [0.29, 0.717) is 18.4 Å². The molecule has 2 nitrogen and oxygen atoms in total. The van der Waals surface area contributed by atoms with Crippen molar-refractivity contribution >= 4 is 5.97 Å². The van der Waals surface area contributed by atoms with E-state index in [1.54, 1.807) is 0 Å². The molecule has 0 aromatic heterocycles. The van der Waals surface area contributed by atoms with Crippen LogP contribution in [0.4, 0.5) is 0 Å². The van der Waals surface area contributed by atoms with E-state index < -0.39 is 0 Å². The predicted octanol–water partition coefficient (Wildman–Crippen LogP) is 1.45. The highest BCUT2D eigenvalue weighted by atomic mass is 16.5. The number of cyclic esters (lactones) is 1. The SMILES string of the molecule is C[C@@H]1C2CC3C(=O)OCC1C3C2. The fraction of sp³-hybridized carbons (Fsp3) is 0.900. The second-order valence-corrected chi connectivity index (χ2v) is 4.65. The number of fused-ring (bicyclic) bond motifs is 1. The van der Waals surface area contributed by atoms with Crippen LogP contribution >= 0.6 is 0 Å². The Morgan fingerprint density at radius 3 is 2.92 bits per heavy atom. The fourth-order valence-corrected chi connectivity index (χ4v) is 3.58. The van der Waals surface area contributed by atoms with Crippen molar-refractivity contribution < 1.29 is 9.53 Å². The van der Waals surface area contributed by atoms with Crippen molar-refractivity contribution in [3.63, 3.8) is 0 Å². The van der Waals surface area contributed by atoms with Gasteiger partial charge in [0.2, 0.25) is 0 Å². The Labute approximate surface area is 72.3 Å². The number of ether oxygens (including phenoxy) is 1. The number of rotatable bonds is 0.